The lowest BCUT2D eigenvalue weighted by molar-refractivity contribution is 0.240. The van der Waals surface area contributed by atoms with Gasteiger partial charge >= 0.3 is 0 Å². The molecule has 23 heavy (non-hydrogen) atoms. The van der Waals surface area contributed by atoms with Gasteiger partial charge < -0.3 is 9.84 Å². The largest absolute Gasteiger partial charge is 0.367 e. The van der Waals surface area contributed by atoms with Crippen LogP contribution in [0, 0.1) is 18.3 Å². The summed E-state index contributed by atoms with van der Waals surface area (Å²) < 4.78 is 18.9. The van der Waals surface area contributed by atoms with Gasteiger partial charge in [0, 0.05) is 31.2 Å². The summed E-state index contributed by atoms with van der Waals surface area (Å²) in [7, 11) is 0. The molecule has 1 aliphatic rings. The van der Waals surface area contributed by atoms with Crippen molar-refractivity contribution in [1.82, 2.24) is 20.0 Å². The van der Waals surface area contributed by atoms with Crippen LogP contribution in [0.1, 0.15) is 23.4 Å². The lowest BCUT2D eigenvalue weighted by Crippen LogP contribution is -2.34. The van der Waals surface area contributed by atoms with Crippen molar-refractivity contribution in [3.8, 4) is 6.07 Å². The molecule has 1 N–H and O–H groups in total. The fourth-order valence-electron chi connectivity index (χ4n) is 2.72. The van der Waals surface area contributed by atoms with E-state index in [1.54, 1.807) is 6.20 Å². The molecule has 1 aliphatic heterocycles. The number of aryl methyl sites for hydroxylation is 1. The molecule has 2 aromatic rings. The molecule has 7 nitrogen and oxygen atoms in total. The molecule has 0 aromatic carbocycles. The van der Waals surface area contributed by atoms with Crippen LogP contribution in [0.4, 0.5) is 10.2 Å². The minimum absolute atomic E-state index is 0.0525. The molecule has 120 valence electrons. The number of anilines is 1. The average molecular weight is 316 g/mol. The van der Waals surface area contributed by atoms with Gasteiger partial charge in [0.2, 0.25) is 0 Å². The number of nitrogens with zero attached hydrogens (tertiary/aromatic N) is 5. The van der Waals surface area contributed by atoms with Crippen molar-refractivity contribution in [2.45, 2.75) is 32.1 Å². The van der Waals surface area contributed by atoms with Gasteiger partial charge in [0.15, 0.2) is 5.69 Å². The molecule has 0 spiro atoms. The Labute approximate surface area is 133 Å². The smallest absolute Gasteiger partial charge is 0.158 e. The lowest BCUT2D eigenvalue weighted by atomic mass is 10.2. The first-order chi connectivity index (χ1) is 11.2. The van der Waals surface area contributed by atoms with Crippen LogP contribution in [-0.4, -0.2) is 45.3 Å². The van der Waals surface area contributed by atoms with E-state index in [4.69, 9.17) is 9.78 Å². The molecule has 0 radical (unpaired) electrons. The van der Waals surface area contributed by atoms with Crippen LogP contribution in [0.15, 0.2) is 23.1 Å². The van der Waals surface area contributed by atoms with Crippen LogP contribution in [0.2, 0.25) is 0 Å². The highest BCUT2D eigenvalue weighted by molar-refractivity contribution is 5.33. The molecule has 1 saturated heterocycles. The number of nitriles is 1. The third kappa shape index (κ3) is 3.63. The van der Waals surface area contributed by atoms with Crippen molar-refractivity contribution in [3.05, 3.63) is 35.6 Å². The Hall–Kier alpha value is -2.53. The molecule has 2 aromatic heterocycles. The minimum atomic E-state index is -0.839. The standard InChI is InChI=1S/C15H17FN6O/c1-10-11(4-21-23-10)8-22-9-12(16)2-14(22)6-20-15-7-18-13(3-17)5-19-15/h4-5,7,12,14H,2,6,8-9H2,1H3,(H,19,20)/t12-,14-/m0/s1. The van der Waals surface area contributed by atoms with Gasteiger partial charge in [0.25, 0.3) is 0 Å². The van der Waals surface area contributed by atoms with E-state index in [2.05, 4.69) is 25.3 Å². The summed E-state index contributed by atoms with van der Waals surface area (Å²) in [4.78, 5) is 10.1. The highest BCUT2D eigenvalue weighted by atomic mass is 19.1. The summed E-state index contributed by atoms with van der Waals surface area (Å²) in [6, 6.07) is 1.97. The van der Waals surface area contributed by atoms with Crippen LogP contribution < -0.4 is 5.32 Å². The zero-order chi connectivity index (χ0) is 16.2. The lowest BCUT2D eigenvalue weighted by Gasteiger charge is -2.23. The molecule has 0 amide bonds. The van der Waals surface area contributed by atoms with E-state index < -0.39 is 6.17 Å². The fourth-order valence-corrected chi connectivity index (χ4v) is 2.72. The van der Waals surface area contributed by atoms with Crippen LogP contribution in [0.3, 0.4) is 0 Å². The Morgan fingerprint density at radius 2 is 2.30 bits per heavy atom. The van der Waals surface area contributed by atoms with E-state index in [0.717, 1.165) is 11.3 Å². The first-order valence-electron chi connectivity index (χ1n) is 7.40. The molecule has 1 fully saturated rings. The van der Waals surface area contributed by atoms with Crippen molar-refractivity contribution in [2.24, 2.45) is 0 Å². The average Bonchev–Trinajstić information content (AvgIpc) is 3.12. The number of nitrogens with one attached hydrogen (secondary N) is 1. The number of hydrogen-bond donors (Lipinski definition) is 1. The fraction of sp³-hybridized carbons (Fsp3) is 0.467. The molecule has 0 saturated carbocycles. The predicted octanol–water partition coefficient (Wildman–Crippen LogP) is 1.67. The zero-order valence-corrected chi connectivity index (χ0v) is 12.7. The quantitative estimate of drug-likeness (QED) is 0.897. The molecule has 8 heteroatoms. The molecular formula is C15H17FN6O. The predicted molar refractivity (Wildman–Crippen MR) is 80.2 cm³/mol. The molecule has 0 bridgehead atoms. The minimum Gasteiger partial charge on any atom is -0.367 e. The Morgan fingerprint density at radius 3 is 2.96 bits per heavy atom. The SMILES string of the molecule is Cc1oncc1CN1C[C@@H](F)C[C@H]1CNc1cnc(C#N)cn1. The van der Waals surface area contributed by atoms with E-state index >= 15 is 0 Å². The van der Waals surface area contributed by atoms with Gasteiger partial charge in [0.05, 0.1) is 18.6 Å². The van der Waals surface area contributed by atoms with Crippen molar-refractivity contribution in [3.63, 3.8) is 0 Å². The Bertz CT molecular complexity index is 695. The van der Waals surface area contributed by atoms with E-state index in [-0.39, 0.29) is 11.7 Å². The Kier molecular flexibility index (Phi) is 4.48. The summed E-state index contributed by atoms with van der Waals surface area (Å²) >= 11 is 0. The third-order valence-corrected chi connectivity index (χ3v) is 3.99. The molecular weight excluding hydrogens is 299 g/mol. The number of hydrogen-bond acceptors (Lipinski definition) is 7. The first kappa shape index (κ1) is 15.4. The second kappa shape index (κ2) is 6.71. The van der Waals surface area contributed by atoms with Crippen LogP contribution in [-0.2, 0) is 6.54 Å². The van der Waals surface area contributed by atoms with Crippen LogP contribution in [0.5, 0.6) is 0 Å². The normalized spacial score (nSPS) is 21.3. The van der Waals surface area contributed by atoms with Gasteiger partial charge in [-0.05, 0) is 13.3 Å². The first-order valence-corrected chi connectivity index (χ1v) is 7.40. The summed E-state index contributed by atoms with van der Waals surface area (Å²) in [5, 5.41) is 15.6. The van der Waals surface area contributed by atoms with Crippen molar-refractivity contribution in [2.75, 3.05) is 18.4 Å². The van der Waals surface area contributed by atoms with Gasteiger partial charge in [-0.15, -0.1) is 0 Å². The van der Waals surface area contributed by atoms with E-state index in [0.29, 0.717) is 31.9 Å². The van der Waals surface area contributed by atoms with Crippen molar-refractivity contribution in [1.29, 1.82) is 5.26 Å². The van der Waals surface area contributed by atoms with Crippen LogP contribution in [0.25, 0.3) is 0 Å². The molecule has 0 aliphatic carbocycles. The monoisotopic (exact) mass is 316 g/mol. The summed E-state index contributed by atoms with van der Waals surface area (Å²) in [6.45, 7) is 3.42. The van der Waals surface area contributed by atoms with Gasteiger partial charge in [-0.3, -0.25) is 4.90 Å². The van der Waals surface area contributed by atoms with E-state index in [9.17, 15) is 4.39 Å². The second-order valence-corrected chi connectivity index (χ2v) is 5.60. The topological polar surface area (TPSA) is 90.9 Å². The Morgan fingerprint density at radius 1 is 1.43 bits per heavy atom. The maximum Gasteiger partial charge on any atom is 0.158 e. The zero-order valence-electron chi connectivity index (χ0n) is 12.7. The van der Waals surface area contributed by atoms with Gasteiger partial charge in [-0.1, -0.05) is 5.16 Å². The van der Waals surface area contributed by atoms with E-state index in [1.807, 2.05) is 13.0 Å². The number of alkyl halides is 1. The van der Waals surface area contributed by atoms with Gasteiger partial charge in [-0.25, -0.2) is 14.4 Å². The maximum atomic E-state index is 13.8. The van der Waals surface area contributed by atoms with Crippen LogP contribution >= 0.6 is 0 Å². The van der Waals surface area contributed by atoms with Crippen molar-refractivity contribution >= 4 is 5.82 Å². The third-order valence-electron chi connectivity index (χ3n) is 3.99. The molecule has 0 unspecified atom stereocenters. The van der Waals surface area contributed by atoms with E-state index in [1.165, 1.54) is 12.4 Å². The highest BCUT2D eigenvalue weighted by Crippen LogP contribution is 2.24. The van der Waals surface area contributed by atoms with Crippen molar-refractivity contribution < 1.29 is 8.91 Å². The number of rotatable bonds is 5. The maximum absolute atomic E-state index is 13.8. The molecule has 3 rings (SSSR count). The number of likely N-dealkylation sites (tertiary alicyclic amines) is 1. The second-order valence-electron chi connectivity index (χ2n) is 5.60. The Balaban J connectivity index is 1.60. The summed E-state index contributed by atoms with van der Waals surface area (Å²) in [5.74, 6) is 1.34. The highest BCUT2D eigenvalue weighted by Gasteiger charge is 2.32. The van der Waals surface area contributed by atoms with Gasteiger partial charge in [-0.2, -0.15) is 5.26 Å². The summed E-state index contributed by atoms with van der Waals surface area (Å²) in [5.41, 5.74) is 1.24. The van der Waals surface area contributed by atoms with Gasteiger partial charge in [0.1, 0.15) is 23.8 Å². The molecule has 3 heterocycles. The molecule has 2 atom stereocenters. The number of aromatic nitrogens is 3. The summed E-state index contributed by atoms with van der Waals surface area (Å²) in [6.07, 6.45) is 4.23. The number of halogens is 1.